The van der Waals surface area contributed by atoms with E-state index in [4.69, 9.17) is 0 Å². The number of piperidine rings is 1. The fraction of sp³-hybridized carbons (Fsp3) is 0.625. The molecule has 0 aromatic heterocycles. The lowest BCUT2D eigenvalue weighted by Crippen LogP contribution is -2.37. The van der Waals surface area contributed by atoms with Gasteiger partial charge in [-0.2, -0.15) is 0 Å². The average Bonchev–Trinajstić information content (AvgIpc) is 2.41. The Balaban J connectivity index is 1.94. The summed E-state index contributed by atoms with van der Waals surface area (Å²) in [6, 6.07) is 5.08. The summed E-state index contributed by atoms with van der Waals surface area (Å²) in [4.78, 5) is 0. The third-order valence-electron chi connectivity index (χ3n) is 4.09. The molecule has 0 saturated carbocycles. The monoisotopic (exact) mass is 262 g/mol. The fourth-order valence-electron chi connectivity index (χ4n) is 2.87. The number of hydrogen-bond acceptors (Lipinski definition) is 3. The van der Waals surface area contributed by atoms with Gasteiger partial charge in [0.2, 0.25) is 0 Å². The van der Waals surface area contributed by atoms with Crippen LogP contribution in [-0.4, -0.2) is 23.7 Å². The molecule has 1 aromatic rings. The number of aromatic hydroxyl groups is 1. The van der Waals surface area contributed by atoms with E-state index in [9.17, 15) is 5.11 Å². The Morgan fingerprint density at radius 2 is 2.16 bits per heavy atom. The largest absolute Gasteiger partial charge is 0.507 e. The molecule has 0 spiro atoms. The second-order valence-corrected chi connectivity index (χ2v) is 5.83. The molecular weight excluding hydrogens is 236 g/mol. The van der Waals surface area contributed by atoms with Gasteiger partial charge in [0.25, 0.3) is 0 Å². The lowest BCUT2D eigenvalue weighted by molar-refractivity contribution is 0.371. The van der Waals surface area contributed by atoms with Crippen LogP contribution in [0.3, 0.4) is 0 Å². The third kappa shape index (κ3) is 3.63. The molecule has 1 saturated heterocycles. The summed E-state index contributed by atoms with van der Waals surface area (Å²) in [6.07, 6.45) is 5.07. The van der Waals surface area contributed by atoms with E-state index >= 15 is 0 Å². The molecular formula is C16H26N2O. The van der Waals surface area contributed by atoms with Gasteiger partial charge >= 0.3 is 0 Å². The van der Waals surface area contributed by atoms with Gasteiger partial charge in [0, 0.05) is 23.3 Å². The van der Waals surface area contributed by atoms with Crippen molar-refractivity contribution in [2.45, 2.75) is 58.5 Å². The standard InChI is InChI=1S/C16H26N2O/c1-11-7-8-15(13(3)16(11)19)18-12(2)10-14-6-4-5-9-17-14/h7-8,12,14,17-19H,4-6,9-10H2,1-3H3. The zero-order valence-corrected chi connectivity index (χ0v) is 12.3. The van der Waals surface area contributed by atoms with Gasteiger partial charge in [0.1, 0.15) is 5.75 Å². The first-order chi connectivity index (χ1) is 9.08. The van der Waals surface area contributed by atoms with E-state index in [2.05, 4.69) is 23.6 Å². The van der Waals surface area contributed by atoms with Crippen molar-refractivity contribution < 1.29 is 5.11 Å². The van der Waals surface area contributed by atoms with Gasteiger partial charge in [-0.3, -0.25) is 0 Å². The van der Waals surface area contributed by atoms with E-state index in [0.717, 1.165) is 29.8 Å². The first kappa shape index (κ1) is 14.2. The first-order valence-corrected chi connectivity index (χ1v) is 7.37. The first-order valence-electron chi connectivity index (χ1n) is 7.37. The Morgan fingerprint density at radius 1 is 1.37 bits per heavy atom. The van der Waals surface area contributed by atoms with Crippen LogP contribution >= 0.6 is 0 Å². The summed E-state index contributed by atoms with van der Waals surface area (Å²) >= 11 is 0. The number of benzene rings is 1. The molecule has 1 fully saturated rings. The van der Waals surface area contributed by atoms with E-state index < -0.39 is 0 Å². The van der Waals surface area contributed by atoms with Crippen LogP contribution in [0.2, 0.25) is 0 Å². The molecule has 3 N–H and O–H groups in total. The molecule has 3 heteroatoms. The SMILES string of the molecule is Cc1ccc(NC(C)CC2CCCCN2)c(C)c1O. The van der Waals surface area contributed by atoms with Crippen molar-refractivity contribution in [2.75, 3.05) is 11.9 Å². The molecule has 0 bridgehead atoms. The maximum atomic E-state index is 9.97. The molecule has 1 aromatic carbocycles. The second kappa shape index (κ2) is 6.29. The summed E-state index contributed by atoms with van der Waals surface area (Å²) in [5, 5.41) is 17.1. The van der Waals surface area contributed by atoms with E-state index in [1.54, 1.807) is 0 Å². The highest BCUT2D eigenvalue weighted by atomic mass is 16.3. The topological polar surface area (TPSA) is 44.3 Å². The molecule has 0 radical (unpaired) electrons. The van der Waals surface area contributed by atoms with Crippen molar-refractivity contribution >= 4 is 5.69 Å². The van der Waals surface area contributed by atoms with Crippen molar-refractivity contribution in [1.29, 1.82) is 0 Å². The van der Waals surface area contributed by atoms with E-state index in [-0.39, 0.29) is 0 Å². The maximum absolute atomic E-state index is 9.97. The predicted octanol–water partition coefficient (Wildman–Crippen LogP) is 3.34. The Labute approximate surface area is 116 Å². The van der Waals surface area contributed by atoms with Crippen LogP contribution in [0, 0.1) is 13.8 Å². The minimum atomic E-state index is 0.410. The average molecular weight is 262 g/mol. The molecule has 2 rings (SSSR count). The number of nitrogens with one attached hydrogen (secondary N) is 2. The van der Waals surface area contributed by atoms with Crippen molar-refractivity contribution in [3.63, 3.8) is 0 Å². The summed E-state index contributed by atoms with van der Waals surface area (Å²) in [7, 11) is 0. The predicted molar refractivity (Wildman–Crippen MR) is 80.9 cm³/mol. The zero-order chi connectivity index (χ0) is 13.8. The number of anilines is 1. The maximum Gasteiger partial charge on any atom is 0.123 e. The molecule has 0 amide bonds. The van der Waals surface area contributed by atoms with Crippen molar-refractivity contribution in [3.8, 4) is 5.75 Å². The minimum absolute atomic E-state index is 0.410. The lowest BCUT2D eigenvalue weighted by Gasteiger charge is -2.27. The second-order valence-electron chi connectivity index (χ2n) is 5.83. The summed E-state index contributed by atoms with van der Waals surface area (Å²) in [5.74, 6) is 0.410. The van der Waals surface area contributed by atoms with Crippen LogP contribution in [0.5, 0.6) is 5.75 Å². The zero-order valence-electron chi connectivity index (χ0n) is 12.3. The molecule has 2 unspecified atom stereocenters. The smallest absolute Gasteiger partial charge is 0.123 e. The third-order valence-corrected chi connectivity index (χ3v) is 4.09. The van der Waals surface area contributed by atoms with Crippen LogP contribution in [0.4, 0.5) is 5.69 Å². The van der Waals surface area contributed by atoms with Crippen LogP contribution in [0.25, 0.3) is 0 Å². The van der Waals surface area contributed by atoms with Gasteiger partial charge in [0.05, 0.1) is 0 Å². The Kier molecular flexibility index (Phi) is 4.70. The van der Waals surface area contributed by atoms with Crippen LogP contribution in [0.1, 0.15) is 43.7 Å². The van der Waals surface area contributed by atoms with Crippen molar-refractivity contribution in [3.05, 3.63) is 23.3 Å². The van der Waals surface area contributed by atoms with Gasteiger partial charge in [-0.1, -0.05) is 12.5 Å². The summed E-state index contributed by atoms with van der Waals surface area (Å²) in [5.41, 5.74) is 2.93. The highest BCUT2D eigenvalue weighted by Crippen LogP contribution is 2.29. The minimum Gasteiger partial charge on any atom is -0.507 e. The fourth-order valence-corrected chi connectivity index (χ4v) is 2.87. The number of phenolic OH excluding ortho intramolecular Hbond substituents is 1. The highest BCUT2D eigenvalue weighted by molar-refractivity contribution is 5.59. The molecule has 106 valence electrons. The van der Waals surface area contributed by atoms with Crippen molar-refractivity contribution in [1.82, 2.24) is 5.32 Å². The van der Waals surface area contributed by atoms with Gasteiger partial charge in [-0.15, -0.1) is 0 Å². The molecule has 1 heterocycles. The Morgan fingerprint density at radius 3 is 2.84 bits per heavy atom. The summed E-state index contributed by atoms with van der Waals surface area (Å²) in [6.45, 7) is 7.27. The molecule has 3 nitrogen and oxygen atoms in total. The van der Waals surface area contributed by atoms with Gasteiger partial charge in [-0.05, 0) is 58.2 Å². The molecule has 1 aliphatic heterocycles. The van der Waals surface area contributed by atoms with E-state index in [1.807, 2.05) is 19.9 Å². The highest BCUT2D eigenvalue weighted by Gasteiger charge is 2.16. The lowest BCUT2D eigenvalue weighted by atomic mass is 9.98. The number of hydrogen-bond donors (Lipinski definition) is 3. The van der Waals surface area contributed by atoms with Gasteiger partial charge in [-0.25, -0.2) is 0 Å². The van der Waals surface area contributed by atoms with Crippen LogP contribution in [0.15, 0.2) is 12.1 Å². The van der Waals surface area contributed by atoms with Gasteiger partial charge in [0.15, 0.2) is 0 Å². The number of aryl methyl sites for hydroxylation is 1. The molecule has 0 aliphatic carbocycles. The van der Waals surface area contributed by atoms with E-state index in [1.165, 1.54) is 19.3 Å². The number of rotatable bonds is 4. The quantitative estimate of drug-likeness (QED) is 0.779. The molecule has 19 heavy (non-hydrogen) atoms. The van der Waals surface area contributed by atoms with Crippen molar-refractivity contribution in [2.24, 2.45) is 0 Å². The van der Waals surface area contributed by atoms with Crippen LogP contribution < -0.4 is 10.6 Å². The molecule has 2 atom stereocenters. The summed E-state index contributed by atoms with van der Waals surface area (Å²) < 4.78 is 0. The Hall–Kier alpha value is -1.22. The Bertz CT molecular complexity index is 425. The molecule has 1 aliphatic rings. The van der Waals surface area contributed by atoms with Gasteiger partial charge < -0.3 is 15.7 Å². The van der Waals surface area contributed by atoms with Crippen LogP contribution in [-0.2, 0) is 0 Å². The van der Waals surface area contributed by atoms with E-state index in [0.29, 0.717) is 17.8 Å². The number of phenols is 1. The normalized spacial score (nSPS) is 21.1.